The molecular weight excluding hydrogens is 230 g/mol. The van der Waals surface area contributed by atoms with E-state index >= 15 is 0 Å². The molecule has 1 heterocycles. The standard InChI is InChI=1S/C13H23N3O2/c1-9(8-14)13-15-12(16-18-13)11(17-2)10-6-4-3-5-7-10/h9-11H,3-8,14H2,1-2H3. The van der Waals surface area contributed by atoms with E-state index in [1.54, 1.807) is 7.11 Å². The van der Waals surface area contributed by atoms with Crippen molar-refractivity contribution < 1.29 is 9.26 Å². The van der Waals surface area contributed by atoms with Crippen LogP contribution in [-0.4, -0.2) is 23.8 Å². The fraction of sp³-hybridized carbons (Fsp3) is 0.846. The van der Waals surface area contributed by atoms with Gasteiger partial charge < -0.3 is 15.0 Å². The van der Waals surface area contributed by atoms with Gasteiger partial charge in [-0.25, -0.2) is 0 Å². The van der Waals surface area contributed by atoms with E-state index in [0.717, 1.165) is 0 Å². The van der Waals surface area contributed by atoms with Crippen LogP contribution in [0.15, 0.2) is 4.52 Å². The number of rotatable bonds is 5. The zero-order chi connectivity index (χ0) is 13.0. The van der Waals surface area contributed by atoms with Crippen molar-refractivity contribution in [2.75, 3.05) is 13.7 Å². The van der Waals surface area contributed by atoms with Gasteiger partial charge in [-0.05, 0) is 18.8 Å². The molecule has 0 radical (unpaired) electrons. The molecule has 2 unspecified atom stereocenters. The van der Waals surface area contributed by atoms with Crippen molar-refractivity contribution in [3.05, 3.63) is 11.7 Å². The first-order valence-electron chi connectivity index (χ1n) is 6.82. The van der Waals surface area contributed by atoms with E-state index in [4.69, 9.17) is 15.0 Å². The smallest absolute Gasteiger partial charge is 0.230 e. The third kappa shape index (κ3) is 2.90. The molecule has 2 rings (SSSR count). The van der Waals surface area contributed by atoms with Crippen LogP contribution in [0.3, 0.4) is 0 Å². The van der Waals surface area contributed by atoms with Crippen molar-refractivity contribution in [2.24, 2.45) is 11.7 Å². The third-order valence-corrected chi connectivity index (χ3v) is 3.82. The molecule has 0 amide bonds. The van der Waals surface area contributed by atoms with Gasteiger partial charge in [0, 0.05) is 19.6 Å². The summed E-state index contributed by atoms with van der Waals surface area (Å²) in [6.07, 6.45) is 6.22. The zero-order valence-corrected chi connectivity index (χ0v) is 11.3. The summed E-state index contributed by atoms with van der Waals surface area (Å²) >= 11 is 0. The van der Waals surface area contributed by atoms with Crippen molar-refractivity contribution in [3.8, 4) is 0 Å². The summed E-state index contributed by atoms with van der Waals surface area (Å²) in [6.45, 7) is 2.50. The van der Waals surface area contributed by atoms with Crippen LogP contribution in [0.5, 0.6) is 0 Å². The molecular formula is C13H23N3O2. The Bertz CT molecular complexity index is 361. The van der Waals surface area contributed by atoms with Gasteiger partial charge in [0.1, 0.15) is 6.10 Å². The van der Waals surface area contributed by atoms with E-state index in [9.17, 15) is 0 Å². The SMILES string of the molecule is COC(c1noc(C(C)CN)n1)C1CCCCC1. The van der Waals surface area contributed by atoms with Crippen molar-refractivity contribution >= 4 is 0 Å². The van der Waals surface area contributed by atoms with Gasteiger partial charge in [0.15, 0.2) is 0 Å². The van der Waals surface area contributed by atoms with Crippen LogP contribution in [0.2, 0.25) is 0 Å². The molecule has 0 aromatic carbocycles. The maximum absolute atomic E-state index is 5.61. The Morgan fingerprint density at radius 2 is 2.11 bits per heavy atom. The second-order valence-corrected chi connectivity index (χ2v) is 5.18. The lowest BCUT2D eigenvalue weighted by Gasteiger charge is -2.26. The molecule has 5 heteroatoms. The van der Waals surface area contributed by atoms with Gasteiger partial charge in [-0.2, -0.15) is 4.98 Å². The summed E-state index contributed by atoms with van der Waals surface area (Å²) in [5.41, 5.74) is 5.61. The maximum atomic E-state index is 5.61. The Kier molecular flexibility index (Phi) is 4.72. The fourth-order valence-electron chi connectivity index (χ4n) is 2.61. The van der Waals surface area contributed by atoms with Gasteiger partial charge in [-0.15, -0.1) is 0 Å². The number of hydrogen-bond donors (Lipinski definition) is 1. The lowest BCUT2D eigenvalue weighted by molar-refractivity contribution is 0.0273. The molecule has 1 fully saturated rings. The number of ether oxygens (including phenoxy) is 1. The van der Waals surface area contributed by atoms with E-state index in [2.05, 4.69) is 10.1 Å². The van der Waals surface area contributed by atoms with Gasteiger partial charge in [-0.3, -0.25) is 0 Å². The Morgan fingerprint density at radius 3 is 2.72 bits per heavy atom. The van der Waals surface area contributed by atoms with Crippen LogP contribution in [0.1, 0.15) is 62.8 Å². The highest BCUT2D eigenvalue weighted by Gasteiger charge is 2.29. The molecule has 0 saturated heterocycles. The second kappa shape index (κ2) is 6.29. The Morgan fingerprint density at radius 1 is 1.39 bits per heavy atom. The topological polar surface area (TPSA) is 74.2 Å². The van der Waals surface area contributed by atoms with Crippen LogP contribution in [0, 0.1) is 5.92 Å². The molecule has 1 aromatic heterocycles. The summed E-state index contributed by atoms with van der Waals surface area (Å²) < 4.78 is 10.9. The maximum Gasteiger partial charge on any atom is 0.230 e. The number of nitrogens with two attached hydrogens (primary N) is 1. The van der Waals surface area contributed by atoms with E-state index in [1.165, 1.54) is 32.1 Å². The molecule has 2 atom stereocenters. The van der Waals surface area contributed by atoms with E-state index in [1.807, 2.05) is 6.92 Å². The highest BCUT2D eigenvalue weighted by Crippen LogP contribution is 2.35. The lowest BCUT2D eigenvalue weighted by atomic mass is 9.85. The molecule has 0 spiro atoms. The minimum absolute atomic E-state index is 0.0345. The molecule has 2 N–H and O–H groups in total. The van der Waals surface area contributed by atoms with Crippen LogP contribution in [0.4, 0.5) is 0 Å². The Balaban J connectivity index is 2.09. The van der Waals surface area contributed by atoms with Crippen LogP contribution < -0.4 is 5.73 Å². The van der Waals surface area contributed by atoms with Crippen molar-refractivity contribution in [2.45, 2.75) is 51.0 Å². The summed E-state index contributed by atoms with van der Waals surface area (Å²) in [5.74, 6) is 1.92. The van der Waals surface area contributed by atoms with Crippen molar-refractivity contribution in [3.63, 3.8) is 0 Å². The summed E-state index contributed by atoms with van der Waals surface area (Å²) in [4.78, 5) is 4.44. The molecule has 18 heavy (non-hydrogen) atoms. The zero-order valence-electron chi connectivity index (χ0n) is 11.3. The monoisotopic (exact) mass is 253 g/mol. The molecule has 1 aromatic rings. The van der Waals surface area contributed by atoms with Crippen LogP contribution in [-0.2, 0) is 4.74 Å². The van der Waals surface area contributed by atoms with Gasteiger partial charge in [0.05, 0.1) is 0 Å². The second-order valence-electron chi connectivity index (χ2n) is 5.18. The normalized spacial score (nSPS) is 20.8. The summed E-state index contributed by atoms with van der Waals surface area (Å²) in [7, 11) is 1.72. The number of hydrogen-bond acceptors (Lipinski definition) is 5. The summed E-state index contributed by atoms with van der Waals surface area (Å²) in [5, 5.41) is 4.06. The average molecular weight is 253 g/mol. The van der Waals surface area contributed by atoms with Gasteiger partial charge in [0.25, 0.3) is 0 Å². The Labute approximate surface area is 108 Å². The predicted octanol–water partition coefficient (Wildman–Crippen LogP) is 2.40. The fourth-order valence-corrected chi connectivity index (χ4v) is 2.61. The first kappa shape index (κ1) is 13.5. The first-order valence-corrected chi connectivity index (χ1v) is 6.82. The molecule has 102 valence electrons. The largest absolute Gasteiger partial charge is 0.373 e. The first-order chi connectivity index (χ1) is 8.76. The molecule has 1 aliphatic carbocycles. The number of nitrogens with zero attached hydrogens (tertiary/aromatic N) is 2. The van der Waals surface area contributed by atoms with Gasteiger partial charge >= 0.3 is 0 Å². The number of methoxy groups -OCH3 is 1. The van der Waals surface area contributed by atoms with E-state index in [0.29, 0.717) is 24.2 Å². The van der Waals surface area contributed by atoms with Crippen molar-refractivity contribution in [1.82, 2.24) is 10.1 Å². The quantitative estimate of drug-likeness (QED) is 0.872. The number of aromatic nitrogens is 2. The van der Waals surface area contributed by atoms with E-state index in [-0.39, 0.29) is 12.0 Å². The van der Waals surface area contributed by atoms with Gasteiger partial charge in [-0.1, -0.05) is 31.3 Å². The molecule has 1 aliphatic rings. The lowest BCUT2D eigenvalue weighted by Crippen LogP contribution is -2.19. The average Bonchev–Trinajstić information content (AvgIpc) is 2.89. The van der Waals surface area contributed by atoms with Crippen LogP contribution in [0.25, 0.3) is 0 Å². The van der Waals surface area contributed by atoms with E-state index < -0.39 is 0 Å². The van der Waals surface area contributed by atoms with Gasteiger partial charge in [0.2, 0.25) is 11.7 Å². The Hall–Kier alpha value is -0.940. The van der Waals surface area contributed by atoms with Crippen LogP contribution >= 0.6 is 0 Å². The molecule has 0 aliphatic heterocycles. The summed E-state index contributed by atoms with van der Waals surface area (Å²) in [6, 6.07) is 0. The van der Waals surface area contributed by atoms with Crippen molar-refractivity contribution in [1.29, 1.82) is 0 Å². The molecule has 1 saturated carbocycles. The molecule has 0 bridgehead atoms. The minimum Gasteiger partial charge on any atom is -0.373 e. The predicted molar refractivity (Wildman–Crippen MR) is 68.1 cm³/mol. The highest BCUT2D eigenvalue weighted by molar-refractivity contribution is 4.98. The third-order valence-electron chi connectivity index (χ3n) is 3.82. The highest BCUT2D eigenvalue weighted by atomic mass is 16.5. The minimum atomic E-state index is -0.0345. The molecule has 5 nitrogen and oxygen atoms in total.